The van der Waals surface area contributed by atoms with Gasteiger partial charge < -0.3 is 15.0 Å². The number of hydrogen-bond donors (Lipinski definition) is 1. The Labute approximate surface area is 164 Å². The number of amides is 2. The Morgan fingerprint density at radius 3 is 2.70 bits per heavy atom. The molecule has 1 aromatic carbocycles. The minimum atomic E-state index is 0.0240. The summed E-state index contributed by atoms with van der Waals surface area (Å²) in [6.45, 7) is 3.54. The standard InChI is InChI=1S/C21H26N2O3S/c1-15-10-13-27-20(15)21(25)23-11-8-16(9-12-23)6-7-19(24)22-17-4-3-5-18(14-17)26-2/h3-5,10,13-14,16H,6-9,11-12H2,1-2H3,(H,22,24). The second-order valence-electron chi connectivity index (χ2n) is 6.99. The Morgan fingerprint density at radius 2 is 2.04 bits per heavy atom. The summed E-state index contributed by atoms with van der Waals surface area (Å²) < 4.78 is 5.17. The zero-order valence-corrected chi connectivity index (χ0v) is 16.7. The van der Waals surface area contributed by atoms with Gasteiger partial charge in [0.05, 0.1) is 12.0 Å². The van der Waals surface area contributed by atoms with Crippen LogP contribution in [0.3, 0.4) is 0 Å². The third-order valence-corrected chi connectivity index (χ3v) is 6.10. The maximum atomic E-state index is 12.6. The molecule has 0 unspecified atom stereocenters. The van der Waals surface area contributed by atoms with E-state index in [9.17, 15) is 9.59 Å². The van der Waals surface area contributed by atoms with Crippen molar-refractivity contribution in [3.63, 3.8) is 0 Å². The minimum absolute atomic E-state index is 0.0240. The highest BCUT2D eigenvalue weighted by atomic mass is 32.1. The number of nitrogens with zero attached hydrogens (tertiary/aromatic N) is 1. The summed E-state index contributed by atoms with van der Waals surface area (Å²) in [4.78, 5) is 27.6. The van der Waals surface area contributed by atoms with E-state index < -0.39 is 0 Å². The van der Waals surface area contributed by atoms with Crippen LogP contribution in [0.2, 0.25) is 0 Å². The summed E-state index contributed by atoms with van der Waals surface area (Å²) in [5.74, 6) is 1.40. The molecule has 144 valence electrons. The van der Waals surface area contributed by atoms with Crippen molar-refractivity contribution in [3.05, 3.63) is 46.2 Å². The third kappa shape index (κ3) is 5.10. The van der Waals surface area contributed by atoms with Gasteiger partial charge in [0.25, 0.3) is 5.91 Å². The number of hydrogen-bond acceptors (Lipinski definition) is 4. The van der Waals surface area contributed by atoms with E-state index in [1.807, 2.05) is 47.5 Å². The summed E-state index contributed by atoms with van der Waals surface area (Å²) in [5.41, 5.74) is 1.81. The van der Waals surface area contributed by atoms with Crippen molar-refractivity contribution >= 4 is 28.8 Å². The van der Waals surface area contributed by atoms with Crippen molar-refractivity contribution in [3.8, 4) is 5.75 Å². The van der Waals surface area contributed by atoms with Crippen LogP contribution in [-0.2, 0) is 4.79 Å². The maximum Gasteiger partial charge on any atom is 0.264 e. The van der Waals surface area contributed by atoms with E-state index in [2.05, 4.69) is 5.32 Å². The number of ether oxygens (including phenoxy) is 1. The highest BCUT2D eigenvalue weighted by molar-refractivity contribution is 7.12. The summed E-state index contributed by atoms with van der Waals surface area (Å²) in [6, 6.07) is 9.37. The van der Waals surface area contributed by atoms with E-state index in [4.69, 9.17) is 4.74 Å². The maximum absolute atomic E-state index is 12.6. The predicted molar refractivity (Wildman–Crippen MR) is 109 cm³/mol. The molecule has 0 aliphatic carbocycles. The van der Waals surface area contributed by atoms with Crippen LogP contribution in [0.15, 0.2) is 35.7 Å². The van der Waals surface area contributed by atoms with E-state index in [0.29, 0.717) is 12.3 Å². The van der Waals surface area contributed by atoms with Crippen molar-refractivity contribution in [2.24, 2.45) is 5.92 Å². The number of aryl methyl sites for hydroxylation is 1. The molecule has 1 aromatic heterocycles. The highest BCUT2D eigenvalue weighted by Gasteiger charge is 2.25. The van der Waals surface area contributed by atoms with Crippen LogP contribution in [0.25, 0.3) is 0 Å². The molecule has 1 N–H and O–H groups in total. The molecule has 1 aliphatic rings. The Hall–Kier alpha value is -2.34. The Balaban J connectivity index is 1.42. The number of nitrogens with one attached hydrogen (secondary N) is 1. The van der Waals surface area contributed by atoms with E-state index in [-0.39, 0.29) is 11.8 Å². The number of anilines is 1. The summed E-state index contributed by atoms with van der Waals surface area (Å²) in [7, 11) is 1.61. The van der Waals surface area contributed by atoms with Crippen molar-refractivity contribution in [1.82, 2.24) is 4.90 Å². The highest BCUT2D eigenvalue weighted by Crippen LogP contribution is 2.26. The van der Waals surface area contributed by atoms with Crippen LogP contribution in [-0.4, -0.2) is 36.9 Å². The molecule has 0 radical (unpaired) electrons. The van der Waals surface area contributed by atoms with Crippen LogP contribution in [0.4, 0.5) is 5.69 Å². The first-order valence-corrected chi connectivity index (χ1v) is 10.2. The Morgan fingerprint density at radius 1 is 1.26 bits per heavy atom. The van der Waals surface area contributed by atoms with Crippen molar-refractivity contribution < 1.29 is 14.3 Å². The summed E-state index contributed by atoms with van der Waals surface area (Å²) in [5, 5.41) is 4.89. The van der Waals surface area contributed by atoms with Crippen molar-refractivity contribution in [2.45, 2.75) is 32.6 Å². The fourth-order valence-corrected chi connectivity index (χ4v) is 4.31. The normalized spacial score (nSPS) is 14.8. The molecule has 6 heteroatoms. The number of carbonyl (C=O) groups excluding carboxylic acids is 2. The van der Waals surface area contributed by atoms with Gasteiger partial charge in [0.15, 0.2) is 0 Å². The van der Waals surface area contributed by atoms with Crippen LogP contribution in [0, 0.1) is 12.8 Å². The first kappa shape index (κ1) is 19.4. The molecule has 1 saturated heterocycles. The van der Waals surface area contributed by atoms with Crippen LogP contribution in [0.5, 0.6) is 5.75 Å². The van der Waals surface area contributed by atoms with Gasteiger partial charge in [-0.15, -0.1) is 11.3 Å². The fraction of sp³-hybridized carbons (Fsp3) is 0.429. The smallest absolute Gasteiger partial charge is 0.264 e. The molecule has 0 atom stereocenters. The lowest BCUT2D eigenvalue weighted by atomic mass is 9.92. The Bertz CT molecular complexity index is 794. The first-order chi connectivity index (χ1) is 13.1. The first-order valence-electron chi connectivity index (χ1n) is 9.34. The lowest BCUT2D eigenvalue weighted by molar-refractivity contribution is -0.116. The summed E-state index contributed by atoms with van der Waals surface area (Å²) >= 11 is 1.52. The molecule has 2 heterocycles. The number of likely N-dealkylation sites (tertiary alicyclic amines) is 1. The minimum Gasteiger partial charge on any atom is -0.497 e. The molecule has 2 aromatic rings. The second kappa shape index (κ2) is 9.04. The van der Waals surface area contributed by atoms with E-state index in [1.54, 1.807) is 7.11 Å². The molecule has 5 nitrogen and oxygen atoms in total. The van der Waals surface area contributed by atoms with Gasteiger partial charge in [0.2, 0.25) is 5.91 Å². The zero-order chi connectivity index (χ0) is 19.2. The number of carbonyl (C=O) groups is 2. The number of piperidine rings is 1. The number of methoxy groups -OCH3 is 1. The molecular weight excluding hydrogens is 360 g/mol. The molecule has 0 bridgehead atoms. The largest absolute Gasteiger partial charge is 0.497 e. The van der Waals surface area contributed by atoms with Gasteiger partial charge in [-0.25, -0.2) is 0 Å². The molecule has 1 fully saturated rings. The van der Waals surface area contributed by atoms with E-state index in [0.717, 1.165) is 54.2 Å². The lowest BCUT2D eigenvalue weighted by Crippen LogP contribution is -2.38. The average molecular weight is 387 g/mol. The lowest BCUT2D eigenvalue weighted by Gasteiger charge is -2.32. The topological polar surface area (TPSA) is 58.6 Å². The molecule has 0 spiro atoms. The van der Waals surface area contributed by atoms with Crippen LogP contribution >= 0.6 is 11.3 Å². The third-order valence-electron chi connectivity index (χ3n) is 5.09. The fourth-order valence-electron chi connectivity index (χ4n) is 3.42. The zero-order valence-electron chi connectivity index (χ0n) is 15.9. The van der Waals surface area contributed by atoms with Crippen molar-refractivity contribution in [1.29, 1.82) is 0 Å². The van der Waals surface area contributed by atoms with Crippen LogP contribution < -0.4 is 10.1 Å². The SMILES string of the molecule is COc1cccc(NC(=O)CCC2CCN(C(=O)c3sccc3C)CC2)c1. The number of thiophene rings is 1. The van der Waals surface area contributed by atoms with E-state index in [1.165, 1.54) is 11.3 Å². The molecule has 2 amide bonds. The predicted octanol–water partition coefficient (Wildman–Crippen LogP) is 4.34. The average Bonchev–Trinajstić information content (AvgIpc) is 3.12. The number of rotatable bonds is 6. The van der Waals surface area contributed by atoms with Gasteiger partial charge in [0, 0.05) is 31.3 Å². The van der Waals surface area contributed by atoms with Gasteiger partial charge in [-0.3, -0.25) is 9.59 Å². The van der Waals surface area contributed by atoms with Gasteiger partial charge in [-0.2, -0.15) is 0 Å². The molecule has 3 rings (SSSR count). The quantitative estimate of drug-likeness (QED) is 0.804. The van der Waals surface area contributed by atoms with Crippen molar-refractivity contribution in [2.75, 3.05) is 25.5 Å². The number of benzene rings is 1. The van der Waals surface area contributed by atoms with Gasteiger partial charge >= 0.3 is 0 Å². The van der Waals surface area contributed by atoms with Gasteiger partial charge in [0.1, 0.15) is 5.75 Å². The monoisotopic (exact) mass is 386 g/mol. The Kier molecular flexibility index (Phi) is 6.50. The summed E-state index contributed by atoms with van der Waals surface area (Å²) in [6.07, 6.45) is 3.28. The van der Waals surface area contributed by atoms with Crippen LogP contribution in [0.1, 0.15) is 40.9 Å². The van der Waals surface area contributed by atoms with E-state index >= 15 is 0 Å². The molecule has 1 aliphatic heterocycles. The molecular formula is C21H26N2O3S. The second-order valence-corrected chi connectivity index (χ2v) is 7.90. The molecule has 27 heavy (non-hydrogen) atoms. The molecule has 0 saturated carbocycles. The van der Waals surface area contributed by atoms with Gasteiger partial charge in [-0.1, -0.05) is 6.07 Å². The van der Waals surface area contributed by atoms with Gasteiger partial charge in [-0.05, 0) is 61.2 Å².